The zero-order valence-corrected chi connectivity index (χ0v) is 12.0. The summed E-state index contributed by atoms with van der Waals surface area (Å²) in [7, 11) is -4.08. The Morgan fingerprint density at radius 2 is 2.05 bits per heavy atom. The second-order valence-electron chi connectivity index (χ2n) is 4.32. The van der Waals surface area contributed by atoms with Gasteiger partial charge in [0.05, 0.1) is 5.02 Å². The summed E-state index contributed by atoms with van der Waals surface area (Å²) in [6.45, 7) is 0.232. The van der Waals surface area contributed by atoms with Gasteiger partial charge < -0.3 is 11.1 Å². The molecule has 1 heterocycles. The smallest absolute Gasteiger partial charge is 0.246 e. The minimum absolute atomic E-state index is 0.0139. The van der Waals surface area contributed by atoms with Crippen molar-refractivity contribution >= 4 is 33.2 Å². The van der Waals surface area contributed by atoms with E-state index in [0.29, 0.717) is 0 Å². The molecule has 1 saturated heterocycles. The molecule has 0 bridgehead atoms. The number of nitrogen functional groups attached to an aromatic ring is 1. The lowest BCUT2D eigenvalue weighted by molar-refractivity contribution is -0.120. The van der Waals surface area contributed by atoms with Crippen LogP contribution >= 0.6 is 11.6 Å². The molecule has 0 unspecified atom stereocenters. The van der Waals surface area contributed by atoms with Crippen LogP contribution in [0.5, 0.6) is 0 Å². The second kappa shape index (κ2) is 5.55. The summed E-state index contributed by atoms with van der Waals surface area (Å²) in [5, 5.41) is 2.19. The number of halogens is 2. The highest BCUT2D eigenvalue weighted by atomic mass is 35.5. The van der Waals surface area contributed by atoms with E-state index in [2.05, 4.69) is 5.32 Å². The number of benzene rings is 1. The van der Waals surface area contributed by atoms with Crippen LogP contribution in [0.25, 0.3) is 0 Å². The average molecular weight is 322 g/mol. The van der Waals surface area contributed by atoms with Gasteiger partial charge in [-0.2, -0.15) is 4.31 Å². The highest BCUT2D eigenvalue weighted by Gasteiger charge is 2.30. The van der Waals surface area contributed by atoms with Gasteiger partial charge in [0.2, 0.25) is 15.9 Å². The SMILES string of the molecule is Nc1cc(Cl)c(F)c(S(=O)(=O)N2CCNC(=O)CC2)c1. The van der Waals surface area contributed by atoms with E-state index in [1.807, 2.05) is 0 Å². The Morgan fingerprint density at radius 1 is 1.35 bits per heavy atom. The van der Waals surface area contributed by atoms with Gasteiger partial charge in [-0.3, -0.25) is 4.79 Å². The first kappa shape index (κ1) is 15.0. The van der Waals surface area contributed by atoms with Crippen molar-refractivity contribution in [1.82, 2.24) is 9.62 Å². The molecule has 20 heavy (non-hydrogen) atoms. The summed E-state index contributed by atoms with van der Waals surface area (Å²) in [6, 6.07) is 2.17. The third-order valence-electron chi connectivity index (χ3n) is 2.91. The Balaban J connectivity index is 2.42. The summed E-state index contributed by atoms with van der Waals surface area (Å²) in [5.74, 6) is -1.28. The molecule has 0 aliphatic carbocycles. The Hall–Kier alpha value is -1.38. The fourth-order valence-corrected chi connectivity index (χ4v) is 3.74. The van der Waals surface area contributed by atoms with Gasteiger partial charge in [0, 0.05) is 31.7 Å². The standard InChI is InChI=1S/C11H13ClFN3O3S/c12-8-5-7(14)6-9(11(8)13)20(18,19)16-3-1-10(17)15-2-4-16/h5-6H,1-4,14H2,(H,15,17). The molecule has 2 rings (SSSR count). The predicted octanol–water partition coefficient (Wildman–Crippen LogP) is 0.572. The number of rotatable bonds is 2. The van der Waals surface area contributed by atoms with E-state index in [4.69, 9.17) is 17.3 Å². The Bertz CT molecular complexity index is 651. The van der Waals surface area contributed by atoms with Crippen LogP contribution in [-0.4, -0.2) is 38.3 Å². The van der Waals surface area contributed by atoms with Crippen LogP contribution in [0.15, 0.2) is 17.0 Å². The minimum atomic E-state index is -4.08. The lowest BCUT2D eigenvalue weighted by atomic mass is 10.3. The summed E-state index contributed by atoms with van der Waals surface area (Å²) in [5.41, 5.74) is 5.56. The number of nitrogens with one attached hydrogen (secondary N) is 1. The van der Waals surface area contributed by atoms with Crippen LogP contribution in [0.1, 0.15) is 6.42 Å². The number of amides is 1. The molecule has 1 aliphatic heterocycles. The van der Waals surface area contributed by atoms with E-state index in [1.54, 1.807) is 0 Å². The predicted molar refractivity (Wildman–Crippen MR) is 72.2 cm³/mol. The molecular weight excluding hydrogens is 309 g/mol. The zero-order chi connectivity index (χ0) is 14.9. The normalized spacial score (nSPS) is 17.6. The number of carbonyl (C=O) groups excluding carboxylic acids is 1. The highest BCUT2D eigenvalue weighted by molar-refractivity contribution is 7.89. The van der Waals surface area contributed by atoms with E-state index in [9.17, 15) is 17.6 Å². The van der Waals surface area contributed by atoms with Gasteiger partial charge in [-0.1, -0.05) is 11.6 Å². The molecule has 1 amide bonds. The molecule has 3 N–H and O–H groups in total. The third-order valence-corrected chi connectivity index (χ3v) is 5.08. The number of anilines is 1. The summed E-state index contributed by atoms with van der Waals surface area (Å²) < 4.78 is 39.8. The van der Waals surface area contributed by atoms with E-state index in [1.165, 1.54) is 0 Å². The van der Waals surface area contributed by atoms with E-state index >= 15 is 0 Å². The van der Waals surface area contributed by atoms with Crippen molar-refractivity contribution in [3.05, 3.63) is 23.0 Å². The van der Waals surface area contributed by atoms with Gasteiger partial charge in [-0.15, -0.1) is 0 Å². The molecule has 0 radical (unpaired) electrons. The van der Waals surface area contributed by atoms with E-state index in [0.717, 1.165) is 16.4 Å². The quantitative estimate of drug-likeness (QED) is 0.779. The fourth-order valence-electron chi connectivity index (χ4n) is 1.90. The molecule has 9 heteroatoms. The molecule has 110 valence electrons. The molecule has 6 nitrogen and oxygen atoms in total. The molecule has 1 aromatic carbocycles. The molecule has 1 aliphatic rings. The van der Waals surface area contributed by atoms with Crippen LogP contribution in [-0.2, 0) is 14.8 Å². The number of hydrogen-bond acceptors (Lipinski definition) is 4. The monoisotopic (exact) mass is 321 g/mol. The highest BCUT2D eigenvalue weighted by Crippen LogP contribution is 2.28. The maximum absolute atomic E-state index is 13.9. The fraction of sp³-hybridized carbons (Fsp3) is 0.364. The van der Waals surface area contributed by atoms with Crippen molar-refractivity contribution in [3.63, 3.8) is 0 Å². The molecule has 0 spiro atoms. The van der Waals surface area contributed by atoms with Crippen molar-refractivity contribution in [3.8, 4) is 0 Å². The molecular formula is C11H13ClFN3O3S. The maximum atomic E-state index is 13.9. The van der Waals surface area contributed by atoms with Crippen molar-refractivity contribution in [1.29, 1.82) is 0 Å². The molecule has 1 aromatic rings. The zero-order valence-electron chi connectivity index (χ0n) is 10.4. The lowest BCUT2D eigenvalue weighted by Crippen LogP contribution is -2.34. The largest absolute Gasteiger partial charge is 0.399 e. The number of nitrogens with two attached hydrogens (primary N) is 1. The average Bonchev–Trinajstić information content (AvgIpc) is 2.58. The summed E-state index contributed by atoms with van der Waals surface area (Å²) in [4.78, 5) is 10.6. The number of sulfonamides is 1. The van der Waals surface area contributed by atoms with Crippen LogP contribution in [0.3, 0.4) is 0 Å². The Labute approximate surface area is 120 Å². The van der Waals surface area contributed by atoms with Gasteiger partial charge in [0.1, 0.15) is 4.90 Å². The van der Waals surface area contributed by atoms with E-state index < -0.39 is 20.7 Å². The molecule has 1 fully saturated rings. The van der Waals surface area contributed by atoms with Crippen LogP contribution in [0.2, 0.25) is 5.02 Å². The number of hydrogen-bond donors (Lipinski definition) is 2. The van der Waals surface area contributed by atoms with Gasteiger partial charge in [-0.25, -0.2) is 12.8 Å². The van der Waals surface area contributed by atoms with Crippen molar-refractivity contribution in [2.45, 2.75) is 11.3 Å². The summed E-state index contributed by atoms with van der Waals surface area (Å²) in [6.07, 6.45) is 0.0247. The van der Waals surface area contributed by atoms with Crippen LogP contribution in [0, 0.1) is 5.82 Å². The second-order valence-corrected chi connectivity index (χ2v) is 6.63. The molecule has 0 saturated carbocycles. The molecule has 0 atom stereocenters. The van der Waals surface area contributed by atoms with Gasteiger partial charge in [0.15, 0.2) is 5.82 Å². The number of carbonyl (C=O) groups is 1. The maximum Gasteiger partial charge on any atom is 0.246 e. The summed E-state index contributed by atoms with van der Waals surface area (Å²) >= 11 is 5.62. The molecule has 0 aromatic heterocycles. The van der Waals surface area contributed by atoms with Crippen molar-refractivity contribution in [2.24, 2.45) is 0 Å². The third kappa shape index (κ3) is 2.87. The van der Waals surface area contributed by atoms with Crippen LogP contribution in [0.4, 0.5) is 10.1 Å². The van der Waals surface area contributed by atoms with Crippen LogP contribution < -0.4 is 11.1 Å². The van der Waals surface area contributed by atoms with E-state index in [-0.39, 0.29) is 42.7 Å². The first-order valence-corrected chi connectivity index (χ1v) is 7.65. The first-order chi connectivity index (χ1) is 9.32. The topological polar surface area (TPSA) is 92.5 Å². The van der Waals surface area contributed by atoms with Crippen molar-refractivity contribution < 1.29 is 17.6 Å². The van der Waals surface area contributed by atoms with Crippen molar-refractivity contribution in [2.75, 3.05) is 25.4 Å². The van der Waals surface area contributed by atoms with Gasteiger partial charge in [-0.05, 0) is 12.1 Å². The Morgan fingerprint density at radius 3 is 2.75 bits per heavy atom. The first-order valence-electron chi connectivity index (χ1n) is 5.84. The van der Waals surface area contributed by atoms with Gasteiger partial charge in [0.25, 0.3) is 0 Å². The Kier molecular flexibility index (Phi) is 4.17. The lowest BCUT2D eigenvalue weighted by Gasteiger charge is -2.20. The minimum Gasteiger partial charge on any atom is -0.399 e. The number of nitrogens with zero attached hydrogens (tertiary/aromatic N) is 1. The van der Waals surface area contributed by atoms with Gasteiger partial charge >= 0.3 is 0 Å².